The molecule has 1 aliphatic heterocycles. The van der Waals surface area contributed by atoms with Crippen molar-refractivity contribution in [3.8, 4) is 0 Å². The number of rotatable bonds is 3. The zero-order valence-electron chi connectivity index (χ0n) is 13.2. The number of likely N-dealkylation sites (tertiary alicyclic amines) is 1. The zero-order chi connectivity index (χ0) is 15.5. The summed E-state index contributed by atoms with van der Waals surface area (Å²) in [6, 6.07) is 0. The average molecular weight is 303 g/mol. The summed E-state index contributed by atoms with van der Waals surface area (Å²) >= 11 is 0. The predicted molar refractivity (Wildman–Crippen MR) is 81.4 cm³/mol. The maximum atomic E-state index is 4.97. The Morgan fingerprint density at radius 3 is 3.05 bits per heavy atom. The van der Waals surface area contributed by atoms with E-state index in [9.17, 15) is 0 Å². The fourth-order valence-electron chi connectivity index (χ4n) is 2.78. The van der Waals surface area contributed by atoms with E-state index in [1.807, 2.05) is 17.9 Å². The molecule has 8 nitrogen and oxygen atoms in total. The first-order chi connectivity index (χ1) is 10.7. The third-order valence-corrected chi connectivity index (χ3v) is 3.87. The highest BCUT2D eigenvalue weighted by molar-refractivity contribution is 5.80. The van der Waals surface area contributed by atoms with Crippen LogP contribution in [0.15, 0.2) is 21.9 Å². The van der Waals surface area contributed by atoms with Crippen LogP contribution in [-0.4, -0.2) is 50.9 Å². The van der Waals surface area contributed by atoms with Gasteiger partial charge in [0.1, 0.15) is 0 Å². The van der Waals surface area contributed by atoms with Crippen molar-refractivity contribution in [1.29, 1.82) is 0 Å². The Labute approximate surface area is 129 Å². The highest BCUT2D eigenvalue weighted by Crippen LogP contribution is 2.26. The minimum absolute atomic E-state index is 0.500. The first-order valence-electron chi connectivity index (χ1n) is 7.39. The fourth-order valence-corrected chi connectivity index (χ4v) is 2.78. The van der Waals surface area contributed by atoms with Crippen molar-refractivity contribution in [2.24, 2.45) is 12.0 Å². The van der Waals surface area contributed by atoms with Crippen molar-refractivity contribution in [3.63, 3.8) is 0 Å². The second-order valence-corrected chi connectivity index (χ2v) is 5.51. The summed E-state index contributed by atoms with van der Waals surface area (Å²) < 4.78 is 6.82. The summed E-state index contributed by atoms with van der Waals surface area (Å²) in [6.45, 7) is 4.21. The quantitative estimate of drug-likeness (QED) is 0.663. The molecule has 1 unspecified atom stereocenters. The number of aryl methyl sites for hydroxylation is 2. The van der Waals surface area contributed by atoms with Gasteiger partial charge in [-0.1, -0.05) is 5.16 Å². The summed E-state index contributed by atoms with van der Waals surface area (Å²) in [4.78, 5) is 10.8. The summed E-state index contributed by atoms with van der Waals surface area (Å²) in [5, 5.41) is 11.4. The van der Waals surface area contributed by atoms with E-state index in [0.717, 1.165) is 25.5 Å². The molecule has 2 aromatic heterocycles. The van der Waals surface area contributed by atoms with Gasteiger partial charge in [0.05, 0.1) is 12.7 Å². The Morgan fingerprint density at radius 2 is 2.41 bits per heavy atom. The highest BCUT2D eigenvalue weighted by atomic mass is 16.5. The third-order valence-electron chi connectivity index (χ3n) is 3.87. The summed E-state index contributed by atoms with van der Waals surface area (Å²) in [5.74, 6) is 2.58. The second kappa shape index (κ2) is 6.17. The molecule has 22 heavy (non-hydrogen) atoms. The van der Waals surface area contributed by atoms with Gasteiger partial charge in [-0.05, 0) is 12.0 Å². The lowest BCUT2D eigenvalue weighted by Crippen LogP contribution is -2.39. The summed E-state index contributed by atoms with van der Waals surface area (Å²) in [5.41, 5.74) is 1.29. The molecule has 0 amide bonds. The second-order valence-electron chi connectivity index (χ2n) is 5.51. The van der Waals surface area contributed by atoms with E-state index in [0.29, 0.717) is 24.2 Å². The Balaban J connectivity index is 1.58. The topological polar surface area (TPSA) is 84.4 Å². The monoisotopic (exact) mass is 303 g/mol. The van der Waals surface area contributed by atoms with Crippen LogP contribution in [0.1, 0.15) is 29.6 Å². The van der Waals surface area contributed by atoms with Gasteiger partial charge in [0, 0.05) is 46.2 Å². The molecule has 1 fully saturated rings. The molecule has 0 radical (unpaired) electrons. The molecule has 0 spiro atoms. The van der Waals surface area contributed by atoms with Crippen LogP contribution >= 0.6 is 0 Å². The largest absolute Gasteiger partial charge is 0.349 e. The Hall–Kier alpha value is -2.38. The first-order valence-corrected chi connectivity index (χ1v) is 7.39. The standard InChI is InChI=1S/C14H21N7O/c1-10-18-13(19-22-10)7-16-14(15-2)21-5-4-11(9-21)12-6-17-20(3)8-12/h6,8,11H,4-5,7,9H2,1-3H3,(H,15,16). The Bertz CT molecular complexity index is 660. The molecule has 0 aromatic carbocycles. The molecular weight excluding hydrogens is 282 g/mol. The number of hydrogen-bond donors (Lipinski definition) is 1. The van der Waals surface area contributed by atoms with Crippen molar-refractivity contribution in [3.05, 3.63) is 29.7 Å². The van der Waals surface area contributed by atoms with Crippen LogP contribution in [0.2, 0.25) is 0 Å². The first kappa shape index (κ1) is 14.6. The van der Waals surface area contributed by atoms with Crippen LogP contribution in [0, 0.1) is 6.92 Å². The minimum atomic E-state index is 0.500. The van der Waals surface area contributed by atoms with E-state index in [-0.39, 0.29) is 0 Å². The third kappa shape index (κ3) is 3.10. The lowest BCUT2D eigenvalue weighted by Gasteiger charge is -2.20. The van der Waals surface area contributed by atoms with E-state index >= 15 is 0 Å². The van der Waals surface area contributed by atoms with Crippen LogP contribution < -0.4 is 5.32 Å². The predicted octanol–water partition coefficient (Wildman–Crippen LogP) is 0.676. The zero-order valence-corrected chi connectivity index (χ0v) is 13.2. The van der Waals surface area contributed by atoms with Gasteiger partial charge in [0.25, 0.3) is 0 Å². The van der Waals surface area contributed by atoms with Crippen molar-refractivity contribution < 1.29 is 4.52 Å². The maximum Gasteiger partial charge on any atom is 0.223 e. The van der Waals surface area contributed by atoms with Gasteiger partial charge in [0.2, 0.25) is 5.89 Å². The minimum Gasteiger partial charge on any atom is -0.349 e. The number of aromatic nitrogens is 4. The fraction of sp³-hybridized carbons (Fsp3) is 0.571. The van der Waals surface area contributed by atoms with Crippen molar-refractivity contribution in [2.75, 3.05) is 20.1 Å². The lowest BCUT2D eigenvalue weighted by molar-refractivity contribution is 0.386. The number of aliphatic imine (C=N–C) groups is 1. The SMILES string of the molecule is CN=C(NCc1noc(C)n1)N1CCC(c2cnn(C)c2)C1. The number of hydrogen-bond acceptors (Lipinski definition) is 5. The normalized spacial score (nSPS) is 19.0. The molecule has 3 rings (SSSR count). The number of nitrogens with zero attached hydrogens (tertiary/aromatic N) is 6. The molecule has 1 N–H and O–H groups in total. The maximum absolute atomic E-state index is 4.97. The molecule has 0 saturated carbocycles. The van der Waals surface area contributed by atoms with Gasteiger partial charge in [0.15, 0.2) is 11.8 Å². The van der Waals surface area contributed by atoms with Gasteiger partial charge in [-0.3, -0.25) is 9.67 Å². The molecule has 118 valence electrons. The summed E-state index contributed by atoms with van der Waals surface area (Å²) in [6.07, 6.45) is 5.15. The smallest absolute Gasteiger partial charge is 0.223 e. The van der Waals surface area contributed by atoms with Crippen molar-refractivity contribution >= 4 is 5.96 Å². The molecule has 1 atom stereocenters. The van der Waals surface area contributed by atoms with Crippen molar-refractivity contribution in [1.82, 2.24) is 30.1 Å². The Morgan fingerprint density at radius 1 is 1.55 bits per heavy atom. The molecule has 1 saturated heterocycles. The van der Waals surface area contributed by atoms with Crippen LogP contribution in [0.4, 0.5) is 0 Å². The molecule has 0 aliphatic carbocycles. The molecule has 8 heteroatoms. The van der Waals surface area contributed by atoms with E-state index in [1.165, 1.54) is 5.56 Å². The van der Waals surface area contributed by atoms with Crippen LogP contribution in [0.25, 0.3) is 0 Å². The van der Waals surface area contributed by atoms with E-state index in [1.54, 1.807) is 14.0 Å². The van der Waals surface area contributed by atoms with Gasteiger partial charge in [-0.2, -0.15) is 10.1 Å². The molecule has 1 aliphatic rings. The van der Waals surface area contributed by atoms with Crippen molar-refractivity contribution in [2.45, 2.75) is 25.8 Å². The lowest BCUT2D eigenvalue weighted by atomic mass is 10.0. The average Bonchev–Trinajstić information content (AvgIpc) is 3.21. The van der Waals surface area contributed by atoms with Gasteiger partial charge in [-0.15, -0.1) is 0 Å². The van der Waals surface area contributed by atoms with Crippen LogP contribution in [0.3, 0.4) is 0 Å². The van der Waals surface area contributed by atoms with Gasteiger partial charge in [-0.25, -0.2) is 0 Å². The molecule has 3 heterocycles. The number of nitrogens with one attached hydrogen (secondary N) is 1. The van der Waals surface area contributed by atoms with Gasteiger partial charge < -0.3 is 14.7 Å². The van der Waals surface area contributed by atoms with Crippen LogP contribution in [0.5, 0.6) is 0 Å². The van der Waals surface area contributed by atoms with E-state index < -0.39 is 0 Å². The highest BCUT2D eigenvalue weighted by Gasteiger charge is 2.26. The Kier molecular flexibility index (Phi) is 4.08. The molecule has 2 aromatic rings. The van der Waals surface area contributed by atoms with E-state index in [4.69, 9.17) is 4.52 Å². The number of guanidine groups is 1. The molecule has 0 bridgehead atoms. The molecular formula is C14H21N7O. The summed E-state index contributed by atoms with van der Waals surface area (Å²) in [7, 11) is 3.74. The van der Waals surface area contributed by atoms with Gasteiger partial charge >= 0.3 is 0 Å². The van der Waals surface area contributed by atoms with E-state index in [2.05, 4.69) is 36.6 Å². The van der Waals surface area contributed by atoms with Crippen LogP contribution in [-0.2, 0) is 13.6 Å².